The van der Waals surface area contributed by atoms with E-state index in [1.807, 2.05) is 85.1 Å². The molecule has 0 saturated carbocycles. The molecule has 2 aliphatic rings. The Morgan fingerprint density at radius 3 is 2.17 bits per heavy atom. The first-order valence-corrected chi connectivity index (χ1v) is 21.8. The highest BCUT2D eigenvalue weighted by atomic mass is 16.6. The molecule has 1 saturated heterocycles. The number of morpholine rings is 1. The summed E-state index contributed by atoms with van der Waals surface area (Å²) >= 11 is 0. The van der Waals surface area contributed by atoms with Gasteiger partial charge in [-0.1, -0.05) is 74.5 Å². The number of benzene rings is 2. The van der Waals surface area contributed by atoms with Gasteiger partial charge in [0.15, 0.2) is 17.2 Å². The van der Waals surface area contributed by atoms with Crippen LogP contribution in [0.1, 0.15) is 76.6 Å². The second-order valence-corrected chi connectivity index (χ2v) is 17.2. The SMILES string of the molecule is CC1=C(C)C(=O)C(C(C)(C)CC(=O)N(C)CCCN(CCCN2CCOCC2)C(=O)Oc2c(Cc3ccco3)nc3c(Cc4ccccc4)nc(-c4ccccc4)cn23)=C(C)C1=O. The summed E-state index contributed by atoms with van der Waals surface area (Å²) in [6.45, 7) is 13.6. The van der Waals surface area contributed by atoms with Crippen LogP contribution in [-0.4, -0.2) is 112 Å². The molecule has 0 unspecified atom stereocenters. The molecule has 2 aromatic carbocycles. The topological polar surface area (TPSA) is 140 Å². The largest absolute Gasteiger partial charge is 0.469 e. The quantitative estimate of drug-likeness (QED) is 0.0853. The summed E-state index contributed by atoms with van der Waals surface area (Å²) in [7, 11) is 1.73. The van der Waals surface area contributed by atoms with Gasteiger partial charge in [0, 0.05) is 98.6 Å². The molecule has 0 bridgehead atoms. The van der Waals surface area contributed by atoms with Crippen LogP contribution in [0.3, 0.4) is 0 Å². The van der Waals surface area contributed by atoms with Gasteiger partial charge in [-0.25, -0.2) is 14.8 Å². The third-order valence-electron chi connectivity index (χ3n) is 12.2. The third kappa shape index (κ3) is 10.5. The molecule has 330 valence electrons. The number of rotatable bonds is 17. The van der Waals surface area contributed by atoms with Crippen molar-refractivity contribution in [2.45, 2.75) is 66.7 Å². The Morgan fingerprint density at radius 2 is 1.48 bits per heavy atom. The molecule has 13 nitrogen and oxygen atoms in total. The lowest BCUT2D eigenvalue weighted by Gasteiger charge is -2.33. The van der Waals surface area contributed by atoms with Crippen LogP contribution in [0, 0.1) is 5.41 Å². The zero-order valence-corrected chi connectivity index (χ0v) is 37.3. The molecular formula is C50H58N6O7. The monoisotopic (exact) mass is 854 g/mol. The maximum absolute atomic E-state index is 14.6. The molecule has 1 aliphatic carbocycles. The van der Waals surface area contributed by atoms with Crippen LogP contribution in [-0.2, 0) is 32.0 Å². The number of imidazole rings is 1. The minimum absolute atomic E-state index is 0.0473. The smallest absolute Gasteiger partial charge is 0.416 e. The van der Waals surface area contributed by atoms with Gasteiger partial charge in [0.05, 0.1) is 37.3 Å². The van der Waals surface area contributed by atoms with Crippen molar-refractivity contribution in [3.8, 4) is 17.1 Å². The number of ketones is 2. The minimum Gasteiger partial charge on any atom is -0.469 e. The highest BCUT2D eigenvalue weighted by Crippen LogP contribution is 2.39. The molecule has 0 spiro atoms. The molecule has 2 amide bonds. The highest BCUT2D eigenvalue weighted by Gasteiger charge is 2.39. The summed E-state index contributed by atoms with van der Waals surface area (Å²) in [5.41, 5.74) is 5.33. The average molecular weight is 855 g/mol. The van der Waals surface area contributed by atoms with Crippen molar-refractivity contribution >= 4 is 29.2 Å². The normalized spacial score (nSPS) is 15.1. The number of furan rings is 1. The van der Waals surface area contributed by atoms with Crippen molar-refractivity contribution in [2.24, 2.45) is 5.41 Å². The van der Waals surface area contributed by atoms with Crippen LogP contribution >= 0.6 is 0 Å². The van der Waals surface area contributed by atoms with Gasteiger partial charge in [-0.3, -0.25) is 23.7 Å². The van der Waals surface area contributed by atoms with E-state index in [9.17, 15) is 19.2 Å². The number of allylic oxidation sites excluding steroid dienone is 4. The number of nitrogens with zero attached hydrogens (tertiary/aromatic N) is 6. The second-order valence-electron chi connectivity index (χ2n) is 17.2. The maximum atomic E-state index is 14.6. The van der Waals surface area contributed by atoms with Gasteiger partial charge in [-0.2, -0.15) is 0 Å². The number of carbonyl (C=O) groups is 4. The van der Waals surface area contributed by atoms with Gasteiger partial charge >= 0.3 is 6.09 Å². The van der Waals surface area contributed by atoms with Crippen molar-refractivity contribution in [1.82, 2.24) is 29.1 Å². The Balaban J connectivity index is 1.14. The van der Waals surface area contributed by atoms with E-state index >= 15 is 0 Å². The number of hydrogen-bond acceptors (Lipinski definition) is 10. The average Bonchev–Trinajstić information content (AvgIpc) is 3.93. The van der Waals surface area contributed by atoms with Crippen molar-refractivity contribution in [1.29, 1.82) is 0 Å². The summed E-state index contributed by atoms with van der Waals surface area (Å²) < 4.78 is 19.6. The van der Waals surface area contributed by atoms with Crippen LogP contribution in [0.15, 0.2) is 112 Å². The second kappa shape index (κ2) is 19.9. The number of carbonyl (C=O) groups excluding carboxylic acids is 4. The third-order valence-corrected chi connectivity index (χ3v) is 12.2. The Kier molecular flexibility index (Phi) is 14.2. The molecule has 0 N–H and O–H groups in total. The molecule has 1 aliphatic heterocycles. The molecule has 13 heteroatoms. The molecule has 3 aromatic heterocycles. The van der Waals surface area contributed by atoms with E-state index in [4.69, 9.17) is 23.9 Å². The molecule has 1 fully saturated rings. The molecule has 63 heavy (non-hydrogen) atoms. The predicted molar refractivity (Wildman–Crippen MR) is 240 cm³/mol. The standard InChI is InChI=1S/C50H58N6O7/c1-34-35(2)46(59)44(36(3)45(34)58)50(4,5)32-43(57)53(6)21-14-23-55(24-15-22-54-25-28-61-29-26-54)49(60)63-48-41(31-39-20-13-27-62-39)52-47-40(30-37-16-9-7-10-17-37)51-42(33-56(47)48)38-18-11-8-12-19-38/h7-13,16-20,27,33H,14-15,21-26,28-32H2,1-6H3. The fourth-order valence-corrected chi connectivity index (χ4v) is 8.48. The molecule has 0 radical (unpaired) electrons. The van der Waals surface area contributed by atoms with Gasteiger partial charge in [0.25, 0.3) is 0 Å². The Morgan fingerprint density at radius 1 is 0.794 bits per heavy atom. The number of amides is 2. The van der Waals surface area contributed by atoms with Crippen LogP contribution in [0.4, 0.5) is 4.79 Å². The van der Waals surface area contributed by atoms with E-state index in [0.29, 0.717) is 97.2 Å². The Labute approximate surface area is 369 Å². The number of hydrogen-bond donors (Lipinski definition) is 0. The molecule has 7 rings (SSSR count). The van der Waals surface area contributed by atoms with E-state index in [1.54, 1.807) is 43.9 Å². The van der Waals surface area contributed by atoms with Crippen LogP contribution in [0.25, 0.3) is 16.9 Å². The molecule has 5 aromatic rings. The van der Waals surface area contributed by atoms with Gasteiger partial charge in [-0.15, -0.1) is 0 Å². The van der Waals surface area contributed by atoms with Gasteiger partial charge < -0.3 is 23.7 Å². The lowest BCUT2D eigenvalue weighted by molar-refractivity contribution is -0.131. The van der Waals surface area contributed by atoms with Gasteiger partial charge in [0.1, 0.15) is 11.5 Å². The van der Waals surface area contributed by atoms with E-state index in [-0.39, 0.29) is 36.2 Å². The summed E-state index contributed by atoms with van der Waals surface area (Å²) in [4.78, 5) is 70.5. The number of aromatic nitrogens is 3. The van der Waals surface area contributed by atoms with Crippen molar-refractivity contribution in [3.05, 3.63) is 130 Å². The number of fused-ring (bicyclic) bond motifs is 1. The summed E-state index contributed by atoms with van der Waals surface area (Å²) in [5, 5.41) is 0. The molecule has 0 atom stereocenters. The van der Waals surface area contributed by atoms with E-state index < -0.39 is 11.5 Å². The van der Waals surface area contributed by atoms with Gasteiger partial charge in [-0.05, 0) is 51.3 Å². The lowest BCUT2D eigenvalue weighted by atomic mass is 9.71. The number of Topliss-reactive ketones (excluding diaryl/α,β-unsaturated/α-hetero) is 2. The Bertz CT molecular complexity index is 2500. The van der Waals surface area contributed by atoms with Crippen LogP contribution < -0.4 is 4.74 Å². The number of ether oxygens (including phenoxy) is 2. The maximum Gasteiger partial charge on any atom is 0.416 e. The Hall–Kier alpha value is -6.18. The first kappa shape index (κ1) is 44.9. The van der Waals surface area contributed by atoms with Crippen LogP contribution in [0.5, 0.6) is 5.88 Å². The zero-order valence-electron chi connectivity index (χ0n) is 37.3. The van der Waals surface area contributed by atoms with Crippen LogP contribution in [0.2, 0.25) is 0 Å². The van der Waals surface area contributed by atoms with Crippen molar-refractivity contribution in [3.63, 3.8) is 0 Å². The summed E-state index contributed by atoms with van der Waals surface area (Å²) in [6.07, 6.45) is 4.99. The highest BCUT2D eigenvalue weighted by molar-refractivity contribution is 6.25. The summed E-state index contributed by atoms with van der Waals surface area (Å²) in [5.74, 6) is 0.452. The molecular weight excluding hydrogens is 797 g/mol. The fraction of sp³-hybridized carbons (Fsp3) is 0.400. The zero-order chi connectivity index (χ0) is 44.7. The first-order chi connectivity index (χ1) is 30.3. The minimum atomic E-state index is -0.863. The first-order valence-electron chi connectivity index (χ1n) is 21.8. The predicted octanol–water partition coefficient (Wildman–Crippen LogP) is 7.76. The van der Waals surface area contributed by atoms with E-state index in [2.05, 4.69) is 17.0 Å². The lowest BCUT2D eigenvalue weighted by Crippen LogP contribution is -2.41. The molecule has 4 heterocycles. The van der Waals surface area contributed by atoms with Gasteiger partial charge in [0.2, 0.25) is 11.8 Å². The van der Waals surface area contributed by atoms with E-state index in [0.717, 1.165) is 36.5 Å². The fourth-order valence-electron chi connectivity index (χ4n) is 8.48. The summed E-state index contributed by atoms with van der Waals surface area (Å²) in [6, 6.07) is 23.7. The van der Waals surface area contributed by atoms with Crippen molar-refractivity contribution < 1.29 is 33.1 Å². The van der Waals surface area contributed by atoms with Crippen molar-refractivity contribution in [2.75, 3.05) is 59.5 Å². The van der Waals surface area contributed by atoms with E-state index in [1.165, 1.54) is 0 Å².